The van der Waals surface area contributed by atoms with Gasteiger partial charge in [-0.1, -0.05) is 18.2 Å². The Kier molecular flexibility index (Phi) is 5.10. The molecule has 1 atom stereocenters. The molecule has 1 amide bonds. The van der Waals surface area contributed by atoms with E-state index in [2.05, 4.69) is 5.32 Å². The fourth-order valence-electron chi connectivity index (χ4n) is 2.99. The molecule has 0 radical (unpaired) electrons. The highest BCUT2D eigenvalue weighted by molar-refractivity contribution is 7.10. The molecule has 0 bridgehead atoms. The van der Waals surface area contributed by atoms with Gasteiger partial charge in [-0.15, -0.1) is 11.3 Å². The second kappa shape index (κ2) is 7.25. The Bertz CT molecular complexity index is 650. The van der Waals surface area contributed by atoms with Gasteiger partial charge >= 0.3 is 0 Å². The molecular formula is C18H21NO3S. The summed E-state index contributed by atoms with van der Waals surface area (Å²) >= 11 is 1.64. The smallest absolute Gasteiger partial charge is 0.251 e. The van der Waals surface area contributed by atoms with Crippen LogP contribution in [0.3, 0.4) is 0 Å². The number of aliphatic hydroxyl groups is 1. The first kappa shape index (κ1) is 16.2. The highest BCUT2D eigenvalue weighted by Crippen LogP contribution is 2.39. The molecule has 23 heavy (non-hydrogen) atoms. The molecule has 2 N–H and O–H groups in total. The summed E-state index contributed by atoms with van der Waals surface area (Å²) in [5, 5.41) is 14.8. The van der Waals surface area contributed by atoms with Gasteiger partial charge in [-0.2, -0.15) is 0 Å². The maximum atomic E-state index is 12.6. The van der Waals surface area contributed by atoms with Crippen LogP contribution in [-0.4, -0.2) is 24.2 Å². The Morgan fingerprint density at radius 3 is 2.87 bits per heavy atom. The maximum Gasteiger partial charge on any atom is 0.251 e. The van der Waals surface area contributed by atoms with Gasteiger partial charge in [0, 0.05) is 17.6 Å². The second-order valence-corrected chi connectivity index (χ2v) is 6.96. The molecule has 1 aromatic carbocycles. The molecule has 1 aliphatic rings. The second-order valence-electron chi connectivity index (χ2n) is 5.99. The van der Waals surface area contributed by atoms with Crippen LogP contribution in [-0.2, 0) is 11.3 Å². The van der Waals surface area contributed by atoms with Gasteiger partial charge < -0.3 is 15.2 Å². The standard InChI is InChI=1S/C18H21NO3S/c1-22-11-12-4-2-5-13(8-12)18(21)19-17(14-9-15(20)10-14)16-6-3-7-23-16/h2-8,14-15,17,20H,9-11H2,1H3,(H,19,21)/t14?,15?,17-/m1/s1. The average Bonchev–Trinajstić information content (AvgIpc) is 3.04. The third-order valence-electron chi connectivity index (χ3n) is 4.26. The molecule has 1 aliphatic carbocycles. The Hall–Kier alpha value is -1.69. The number of hydrogen-bond donors (Lipinski definition) is 2. The van der Waals surface area contributed by atoms with Crippen LogP contribution in [0.25, 0.3) is 0 Å². The Balaban J connectivity index is 1.74. The minimum atomic E-state index is -0.232. The van der Waals surface area contributed by atoms with Gasteiger partial charge in [0.25, 0.3) is 5.91 Å². The van der Waals surface area contributed by atoms with Gasteiger partial charge in [0.05, 0.1) is 18.8 Å². The predicted octanol–water partition coefficient (Wildman–Crippen LogP) is 3.14. The third-order valence-corrected chi connectivity index (χ3v) is 5.21. The van der Waals surface area contributed by atoms with Gasteiger partial charge in [0.15, 0.2) is 0 Å². The zero-order valence-electron chi connectivity index (χ0n) is 13.1. The first-order valence-corrected chi connectivity index (χ1v) is 8.65. The van der Waals surface area contributed by atoms with Crippen LogP contribution >= 0.6 is 11.3 Å². The van der Waals surface area contributed by atoms with Crippen LogP contribution in [0.5, 0.6) is 0 Å². The Labute approximate surface area is 140 Å². The summed E-state index contributed by atoms with van der Waals surface area (Å²) in [6, 6.07) is 11.5. The fourth-order valence-corrected chi connectivity index (χ4v) is 3.85. The molecule has 0 spiro atoms. The van der Waals surface area contributed by atoms with E-state index in [0.717, 1.165) is 23.3 Å². The monoisotopic (exact) mass is 331 g/mol. The number of benzene rings is 1. The van der Waals surface area contributed by atoms with Gasteiger partial charge in [0.2, 0.25) is 0 Å². The fraction of sp³-hybridized carbons (Fsp3) is 0.389. The number of ether oxygens (including phenoxy) is 1. The van der Waals surface area contributed by atoms with E-state index in [1.54, 1.807) is 18.4 Å². The van der Waals surface area contributed by atoms with E-state index in [1.165, 1.54) is 0 Å². The number of nitrogens with one attached hydrogen (secondary N) is 1. The maximum absolute atomic E-state index is 12.6. The summed E-state index contributed by atoms with van der Waals surface area (Å²) in [5.74, 6) is 0.220. The Morgan fingerprint density at radius 2 is 2.22 bits per heavy atom. The molecule has 5 heteroatoms. The molecule has 1 heterocycles. The van der Waals surface area contributed by atoms with Crippen molar-refractivity contribution in [3.63, 3.8) is 0 Å². The molecule has 0 unspecified atom stereocenters. The number of amides is 1. The predicted molar refractivity (Wildman–Crippen MR) is 90.4 cm³/mol. The van der Waals surface area contributed by atoms with E-state index in [-0.39, 0.29) is 18.1 Å². The third kappa shape index (κ3) is 3.80. The lowest BCUT2D eigenvalue weighted by atomic mass is 9.76. The molecule has 122 valence electrons. The molecule has 1 aromatic heterocycles. The van der Waals surface area contributed by atoms with Gasteiger partial charge in [-0.25, -0.2) is 0 Å². The number of carbonyl (C=O) groups excluding carboxylic acids is 1. The van der Waals surface area contributed by atoms with Crippen LogP contribution in [0.1, 0.15) is 39.7 Å². The van der Waals surface area contributed by atoms with Crippen molar-refractivity contribution in [2.75, 3.05) is 7.11 Å². The molecule has 1 fully saturated rings. The lowest BCUT2D eigenvalue weighted by Gasteiger charge is -2.37. The van der Waals surface area contributed by atoms with Crippen LogP contribution in [0.4, 0.5) is 0 Å². The number of carbonyl (C=O) groups is 1. The number of thiophene rings is 1. The number of aliphatic hydroxyl groups excluding tert-OH is 1. The SMILES string of the molecule is COCc1cccc(C(=O)N[C@@H](c2cccs2)C2CC(O)C2)c1. The molecule has 0 saturated heterocycles. The van der Waals surface area contributed by atoms with Crippen molar-refractivity contribution >= 4 is 17.2 Å². The molecule has 2 aromatic rings. The van der Waals surface area contributed by atoms with E-state index in [0.29, 0.717) is 18.1 Å². The molecule has 1 saturated carbocycles. The van der Waals surface area contributed by atoms with E-state index < -0.39 is 0 Å². The van der Waals surface area contributed by atoms with Gasteiger partial charge in [-0.3, -0.25) is 4.79 Å². The van der Waals surface area contributed by atoms with Crippen LogP contribution < -0.4 is 5.32 Å². The van der Waals surface area contributed by atoms with Gasteiger partial charge in [0.1, 0.15) is 0 Å². The minimum Gasteiger partial charge on any atom is -0.393 e. The van der Waals surface area contributed by atoms with Gasteiger partial charge in [-0.05, 0) is 47.9 Å². The first-order chi connectivity index (χ1) is 11.2. The number of rotatable bonds is 6. The summed E-state index contributed by atoms with van der Waals surface area (Å²) < 4.78 is 5.12. The van der Waals surface area contributed by atoms with Crippen molar-refractivity contribution < 1.29 is 14.6 Å². The zero-order chi connectivity index (χ0) is 16.2. The average molecular weight is 331 g/mol. The van der Waals surface area contributed by atoms with Crippen molar-refractivity contribution in [2.24, 2.45) is 5.92 Å². The molecule has 0 aliphatic heterocycles. The van der Waals surface area contributed by atoms with E-state index in [9.17, 15) is 9.90 Å². The zero-order valence-corrected chi connectivity index (χ0v) is 13.9. The minimum absolute atomic E-state index is 0.0306. The van der Waals surface area contributed by atoms with Crippen molar-refractivity contribution in [3.05, 3.63) is 57.8 Å². The van der Waals surface area contributed by atoms with Crippen molar-refractivity contribution in [2.45, 2.75) is 31.6 Å². The van der Waals surface area contributed by atoms with Crippen molar-refractivity contribution in [1.29, 1.82) is 0 Å². The largest absolute Gasteiger partial charge is 0.393 e. The summed E-state index contributed by atoms with van der Waals surface area (Å²) in [7, 11) is 1.64. The first-order valence-electron chi connectivity index (χ1n) is 7.77. The van der Waals surface area contributed by atoms with Crippen LogP contribution in [0.2, 0.25) is 0 Å². The van der Waals surface area contributed by atoms with Crippen LogP contribution in [0.15, 0.2) is 41.8 Å². The van der Waals surface area contributed by atoms with Crippen LogP contribution in [0, 0.1) is 5.92 Å². The van der Waals surface area contributed by atoms with E-state index >= 15 is 0 Å². The lowest BCUT2D eigenvalue weighted by molar-refractivity contribution is 0.0241. The summed E-state index contributed by atoms with van der Waals surface area (Å²) in [6.07, 6.45) is 1.25. The molecule has 3 rings (SSSR count). The highest BCUT2D eigenvalue weighted by atomic mass is 32.1. The molecular weight excluding hydrogens is 310 g/mol. The quantitative estimate of drug-likeness (QED) is 0.855. The normalized spacial score (nSPS) is 21.5. The highest BCUT2D eigenvalue weighted by Gasteiger charge is 2.36. The summed E-state index contributed by atoms with van der Waals surface area (Å²) in [5.41, 5.74) is 1.62. The molecule has 4 nitrogen and oxygen atoms in total. The number of hydrogen-bond acceptors (Lipinski definition) is 4. The number of methoxy groups -OCH3 is 1. The summed E-state index contributed by atoms with van der Waals surface area (Å²) in [4.78, 5) is 13.8. The van der Waals surface area contributed by atoms with E-state index in [1.807, 2.05) is 41.8 Å². The lowest BCUT2D eigenvalue weighted by Crippen LogP contribution is -2.41. The Morgan fingerprint density at radius 1 is 1.39 bits per heavy atom. The van der Waals surface area contributed by atoms with E-state index in [4.69, 9.17) is 4.74 Å². The topological polar surface area (TPSA) is 58.6 Å². The van der Waals surface area contributed by atoms with Crippen molar-refractivity contribution in [1.82, 2.24) is 5.32 Å². The van der Waals surface area contributed by atoms with Crippen molar-refractivity contribution in [3.8, 4) is 0 Å². The summed E-state index contributed by atoms with van der Waals surface area (Å²) in [6.45, 7) is 0.490.